The van der Waals surface area contributed by atoms with Gasteiger partial charge in [-0.25, -0.2) is 13.8 Å². The van der Waals surface area contributed by atoms with Gasteiger partial charge >= 0.3 is 5.91 Å². The zero-order valence-electron chi connectivity index (χ0n) is 18.3. The van der Waals surface area contributed by atoms with E-state index >= 15 is 0 Å². The first-order valence-electron chi connectivity index (χ1n) is 10.4. The van der Waals surface area contributed by atoms with E-state index in [-0.39, 0.29) is 37.3 Å². The van der Waals surface area contributed by atoms with Crippen molar-refractivity contribution in [1.82, 2.24) is 4.98 Å². The fourth-order valence-electron chi connectivity index (χ4n) is 4.01. The Morgan fingerprint density at radius 3 is 2.53 bits per heavy atom. The summed E-state index contributed by atoms with van der Waals surface area (Å²) in [6, 6.07) is 10.6. The summed E-state index contributed by atoms with van der Waals surface area (Å²) in [5, 5.41) is 21.0. The number of carbonyl (C=O) groups is 2. The van der Waals surface area contributed by atoms with Crippen LogP contribution in [0.1, 0.15) is 17.2 Å². The number of anilines is 1. The second-order valence-corrected chi connectivity index (χ2v) is 9.25. The van der Waals surface area contributed by atoms with Gasteiger partial charge in [-0.05, 0) is 42.0 Å². The van der Waals surface area contributed by atoms with Gasteiger partial charge in [0.2, 0.25) is 0 Å². The molecule has 0 aliphatic carbocycles. The van der Waals surface area contributed by atoms with Crippen molar-refractivity contribution < 1.29 is 33.3 Å². The lowest BCUT2D eigenvalue weighted by atomic mass is 9.95. The molecular weight excluding hydrogens is 514 g/mol. The number of ether oxygens (including phenoxy) is 1. The lowest BCUT2D eigenvalue weighted by Crippen LogP contribution is -2.29. The van der Waals surface area contributed by atoms with Crippen LogP contribution in [-0.2, 0) is 9.59 Å². The molecule has 1 unspecified atom stereocenters. The number of hydrogen-bond acceptors (Lipinski definition) is 7. The monoisotopic (exact) mass is 528 g/mol. The van der Waals surface area contributed by atoms with Crippen molar-refractivity contribution in [2.24, 2.45) is 0 Å². The van der Waals surface area contributed by atoms with Gasteiger partial charge in [-0.1, -0.05) is 35.1 Å². The molecule has 182 valence electrons. The first kappa shape index (κ1) is 23.7. The molecule has 1 aliphatic rings. The SMILES string of the molecule is COc1ccc(Cl)c(/C(O)=C2\C(=O)C(=O)N(c3nc4c(F)cc(F)cc4s3)C2c2ccc(O)cc2)c1. The van der Waals surface area contributed by atoms with Gasteiger partial charge in [-0.2, -0.15) is 0 Å². The summed E-state index contributed by atoms with van der Waals surface area (Å²) in [6.45, 7) is 0. The average molecular weight is 529 g/mol. The summed E-state index contributed by atoms with van der Waals surface area (Å²) < 4.78 is 33.4. The van der Waals surface area contributed by atoms with E-state index in [0.717, 1.165) is 22.3 Å². The number of benzene rings is 3. The average Bonchev–Trinajstić information content (AvgIpc) is 3.38. The number of thiazole rings is 1. The third-order valence-electron chi connectivity index (χ3n) is 5.69. The molecule has 2 heterocycles. The van der Waals surface area contributed by atoms with Crippen LogP contribution in [0.25, 0.3) is 16.0 Å². The summed E-state index contributed by atoms with van der Waals surface area (Å²) in [5.41, 5.74) is -0.0703. The highest BCUT2D eigenvalue weighted by atomic mass is 35.5. The smallest absolute Gasteiger partial charge is 0.301 e. The molecule has 4 aromatic rings. The number of carbonyl (C=O) groups excluding carboxylic acids is 2. The number of fused-ring (bicyclic) bond motifs is 1. The molecule has 1 aliphatic heterocycles. The second-order valence-electron chi connectivity index (χ2n) is 7.84. The van der Waals surface area contributed by atoms with Crippen LogP contribution >= 0.6 is 22.9 Å². The number of phenols is 1. The number of phenolic OH excluding ortho intramolecular Hbond substituents is 1. The Morgan fingerprint density at radius 1 is 1.11 bits per heavy atom. The largest absolute Gasteiger partial charge is 0.508 e. The van der Waals surface area contributed by atoms with Crippen molar-refractivity contribution in [2.75, 3.05) is 12.0 Å². The van der Waals surface area contributed by atoms with Crippen LogP contribution in [0.5, 0.6) is 11.5 Å². The third kappa shape index (κ3) is 3.84. The van der Waals surface area contributed by atoms with Gasteiger partial charge in [-0.3, -0.25) is 14.5 Å². The molecule has 2 N–H and O–H groups in total. The maximum atomic E-state index is 14.4. The van der Waals surface area contributed by atoms with Crippen LogP contribution in [0.15, 0.2) is 60.2 Å². The lowest BCUT2D eigenvalue weighted by molar-refractivity contribution is -0.132. The van der Waals surface area contributed by atoms with Gasteiger partial charge in [0.15, 0.2) is 10.9 Å². The van der Waals surface area contributed by atoms with E-state index in [4.69, 9.17) is 16.3 Å². The molecule has 11 heteroatoms. The highest BCUT2D eigenvalue weighted by Gasteiger charge is 2.48. The molecule has 3 aromatic carbocycles. The number of aliphatic hydroxyl groups excluding tert-OH is 1. The Bertz CT molecular complexity index is 1590. The molecule has 1 amide bonds. The Hall–Kier alpha value is -4.02. The van der Waals surface area contributed by atoms with Crippen LogP contribution in [-0.4, -0.2) is 34.0 Å². The van der Waals surface area contributed by atoms with E-state index in [1.165, 1.54) is 43.5 Å². The summed E-state index contributed by atoms with van der Waals surface area (Å²) in [4.78, 5) is 31.7. The van der Waals surface area contributed by atoms with Gasteiger partial charge in [0, 0.05) is 11.6 Å². The highest BCUT2D eigenvalue weighted by molar-refractivity contribution is 7.22. The molecule has 0 bridgehead atoms. The number of Topliss-reactive ketones (excluding diaryl/α,β-unsaturated/α-hetero) is 1. The van der Waals surface area contributed by atoms with Crippen molar-refractivity contribution in [3.8, 4) is 11.5 Å². The van der Waals surface area contributed by atoms with Crippen LogP contribution in [0.3, 0.4) is 0 Å². The Morgan fingerprint density at radius 2 is 1.83 bits per heavy atom. The van der Waals surface area contributed by atoms with Gasteiger partial charge in [0.25, 0.3) is 5.78 Å². The number of aromatic nitrogens is 1. The fourth-order valence-corrected chi connectivity index (χ4v) is 5.25. The first-order valence-corrected chi connectivity index (χ1v) is 11.6. The fraction of sp³-hybridized carbons (Fsp3) is 0.0800. The summed E-state index contributed by atoms with van der Waals surface area (Å²) in [5.74, 6) is -4.09. The number of halogens is 3. The van der Waals surface area contributed by atoms with E-state index in [2.05, 4.69) is 4.98 Å². The normalized spacial score (nSPS) is 17.2. The predicted octanol–water partition coefficient (Wildman–Crippen LogP) is 5.57. The molecule has 0 saturated carbocycles. The van der Waals surface area contributed by atoms with E-state index in [1.54, 1.807) is 6.07 Å². The number of aliphatic hydroxyl groups is 1. The number of rotatable bonds is 4. The zero-order chi connectivity index (χ0) is 25.7. The molecule has 36 heavy (non-hydrogen) atoms. The lowest BCUT2D eigenvalue weighted by Gasteiger charge is -2.23. The molecule has 0 radical (unpaired) electrons. The van der Waals surface area contributed by atoms with Crippen LogP contribution in [0, 0.1) is 11.6 Å². The first-order chi connectivity index (χ1) is 17.2. The summed E-state index contributed by atoms with van der Waals surface area (Å²) >= 11 is 7.10. The minimum Gasteiger partial charge on any atom is -0.508 e. The molecule has 7 nitrogen and oxygen atoms in total. The number of hydrogen-bond donors (Lipinski definition) is 2. The standard InChI is InChI=1S/C25H15ClF2N2O5S/c1-35-14-6-7-16(26)15(10-14)22(32)19-21(11-2-4-13(31)5-3-11)30(24(34)23(19)33)25-29-20-17(28)8-12(27)9-18(20)36-25/h2-10,21,31-32H,1H3/b22-19+. The molecule has 1 fully saturated rings. The number of aromatic hydroxyl groups is 1. The van der Waals surface area contributed by atoms with Crippen LogP contribution in [0.4, 0.5) is 13.9 Å². The van der Waals surface area contributed by atoms with Crippen molar-refractivity contribution in [1.29, 1.82) is 0 Å². The number of ketones is 1. The molecule has 1 aromatic heterocycles. The van der Waals surface area contributed by atoms with E-state index < -0.39 is 35.1 Å². The third-order valence-corrected chi connectivity index (χ3v) is 7.02. The van der Waals surface area contributed by atoms with E-state index in [0.29, 0.717) is 17.4 Å². The van der Waals surface area contributed by atoms with E-state index in [9.17, 15) is 28.6 Å². The van der Waals surface area contributed by atoms with Gasteiger partial charge in [-0.15, -0.1) is 0 Å². The topological polar surface area (TPSA) is 100.0 Å². The van der Waals surface area contributed by atoms with E-state index in [1.807, 2.05) is 0 Å². The maximum Gasteiger partial charge on any atom is 0.301 e. The molecule has 0 spiro atoms. The maximum absolute atomic E-state index is 14.4. The van der Waals surface area contributed by atoms with Crippen molar-refractivity contribution in [3.05, 3.63) is 88.0 Å². The molecular formula is C25H15ClF2N2O5S. The van der Waals surface area contributed by atoms with Crippen molar-refractivity contribution in [3.63, 3.8) is 0 Å². The summed E-state index contributed by atoms with van der Waals surface area (Å²) in [7, 11) is 1.41. The number of nitrogens with zero attached hydrogens (tertiary/aromatic N) is 2. The summed E-state index contributed by atoms with van der Waals surface area (Å²) in [6.07, 6.45) is 0. The Kier molecular flexibility index (Phi) is 5.85. The molecule has 5 rings (SSSR count). The Balaban J connectivity index is 1.76. The quantitative estimate of drug-likeness (QED) is 0.204. The second kappa shape index (κ2) is 8.89. The zero-order valence-corrected chi connectivity index (χ0v) is 19.9. The van der Waals surface area contributed by atoms with Crippen molar-refractivity contribution in [2.45, 2.75) is 6.04 Å². The highest BCUT2D eigenvalue weighted by Crippen LogP contribution is 2.45. The van der Waals surface area contributed by atoms with Crippen LogP contribution < -0.4 is 9.64 Å². The Labute approximate surface area is 211 Å². The number of amides is 1. The minimum atomic E-state index is -1.21. The number of methoxy groups -OCH3 is 1. The predicted molar refractivity (Wildman–Crippen MR) is 130 cm³/mol. The molecule has 1 atom stereocenters. The van der Waals surface area contributed by atoms with Gasteiger partial charge in [0.05, 0.1) is 28.4 Å². The van der Waals surface area contributed by atoms with Crippen LogP contribution in [0.2, 0.25) is 5.02 Å². The molecule has 1 saturated heterocycles. The van der Waals surface area contributed by atoms with Gasteiger partial charge < -0.3 is 14.9 Å². The van der Waals surface area contributed by atoms with Crippen molar-refractivity contribution >= 4 is 55.7 Å². The van der Waals surface area contributed by atoms with Gasteiger partial charge in [0.1, 0.15) is 28.6 Å². The minimum absolute atomic E-state index is 0.0511.